The van der Waals surface area contributed by atoms with Gasteiger partial charge in [-0.3, -0.25) is 14.7 Å². The van der Waals surface area contributed by atoms with Crippen LogP contribution < -0.4 is 10.7 Å². The Morgan fingerprint density at radius 2 is 1.89 bits per heavy atom. The molecule has 3 N–H and O–H groups in total. The highest BCUT2D eigenvalue weighted by molar-refractivity contribution is 6.02. The van der Waals surface area contributed by atoms with E-state index in [0.717, 1.165) is 71.0 Å². The number of nitrogens with two attached hydrogens (primary N) is 1. The van der Waals surface area contributed by atoms with Crippen molar-refractivity contribution in [2.24, 2.45) is 21.7 Å². The van der Waals surface area contributed by atoms with Crippen LogP contribution in [0, 0.1) is 5.92 Å². The fraction of sp³-hybridized carbons (Fsp3) is 0.276. The number of benzene rings is 2. The topological polar surface area (TPSA) is 90.1 Å². The highest BCUT2D eigenvalue weighted by Gasteiger charge is 2.46. The third kappa shape index (κ3) is 4.23. The lowest BCUT2D eigenvalue weighted by molar-refractivity contribution is -0.750. The van der Waals surface area contributed by atoms with E-state index >= 15 is 0 Å². The van der Waals surface area contributed by atoms with E-state index in [4.69, 9.17) is 10.8 Å². The molecule has 3 aliphatic rings. The van der Waals surface area contributed by atoms with Gasteiger partial charge in [0, 0.05) is 42.2 Å². The van der Waals surface area contributed by atoms with Crippen molar-refractivity contribution in [3.8, 4) is 0 Å². The fourth-order valence-electron chi connectivity index (χ4n) is 5.49. The Kier molecular flexibility index (Phi) is 5.87. The van der Waals surface area contributed by atoms with Crippen molar-refractivity contribution < 1.29 is 9.39 Å². The standard InChI is InChI=1S/C29H32N7O/c1-34(2)23-9-7-20(8-10-23)27(37)19-35-14-11-21(12-15-35)28-26-18-31-13-16-36(26,30)29(33-28)25-17-22-5-3-4-6-24(22)32-25/h3-10,13,16-18,21,32H,11-12,14-15,19,30H2,1-2H3/q+1. The second-order valence-corrected chi connectivity index (χ2v) is 10.2. The summed E-state index contributed by atoms with van der Waals surface area (Å²) in [6, 6.07) is 18.1. The number of anilines is 1. The van der Waals surface area contributed by atoms with Gasteiger partial charge in [0.15, 0.2) is 5.78 Å². The zero-order valence-electron chi connectivity index (χ0n) is 21.3. The van der Waals surface area contributed by atoms with Crippen molar-refractivity contribution in [3.05, 3.63) is 89.6 Å². The van der Waals surface area contributed by atoms with Crippen molar-refractivity contribution in [2.45, 2.75) is 12.8 Å². The Bertz CT molecular complexity index is 1440. The van der Waals surface area contributed by atoms with Crippen LogP contribution in [0.1, 0.15) is 28.9 Å². The molecule has 8 heteroatoms. The smallest absolute Gasteiger partial charge is 0.281 e. The maximum Gasteiger partial charge on any atom is 0.281 e. The maximum atomic E-state index is 12.9. The Morgan fingerprint density at radius 1 is 1.14 bits per heavy atom. The van der Waals surface area contributed by atoms with E-state index in [1.165, 1.54) is 0 Å². The van der Waals surface area contributed by atoms with Crippen molar-refractivity contribution in [1.82, 2.24) is 9.88 Å². The summed E-state index contributed by atoms with van der Waals surface area (Å²) in [5.41, 5.74) is 5.76. The first-order chi connectivity index (χ1) is 17.9. The highest BCUT2D eigenvalue weighted by Crippen LogP contribution is 2.38. The largest absolute Gasteiger partial charge is 0.378 e. The maximum absolute atomic E-state index is 12.9. The van der Waals surface area contributed by atoms with Crippen molar-refractivity contribution in [1.29, 1.82) is 0 Å². The predicted octanol–water partition coefficient (Wildman–Crippen LogP) is 4.05. The van der Waals surface area contributed by atoms with Gasteiger partial charge in [0.05, 0.1) is 19.0 Å². The SMILES string of the molecule is CN(C)c1ccc(C(=O)CN2CCC(C3=C4C=NC=C[N+]4(N)C(c4cc5ccccc5[nH]4)=N3)CC2)cc1. The molecular formula is C29H32N7O+. The molecule has 188 valence electrons. The molecule has 6 rings (SSSR count). The number of ketones is 1. The van der Waals surface area contributed by atoms with Gasteiger partial charge in [0.25, 0.3) is 5.84 Å². The van der Waals surface area contributed by atoms with Crippen molar-refractivity contribution in [3.63, 3.8) is 0 Å². The molecule has 1 aromatic heterocycles. The number of hydrogen-bond acceptors (Lipinski definition) is 6. The van der Waals surface area contributed by atoms with Gasteiger partial charge < -0.3 is 9.88 Å². The summed E-state index contributed by atoms with van der Waals surface area (Å²) in [6.45, 7) is 2.13. The molecule has 1 unspecified atom stereocenters. The summed E-state index contributed by atoms with van der Waals surface area (Å²) in [5.74, 6) is 8.14. The molecule has 0 bridgehead atoms. The number of aromatic amines is 1. The number of nitrogens with one attached hydrogen (secondary N) is 1. The first-order valence-electron chi connectivity index (χ1n) is 12.8. The van der Waals surface area contributed by atoms with Gasteiger partial charge in [0.1, 0.15) is 17.6 Å². The highest BCUT2D eigenvalue weighted by atomic mass is 16.1. The number of aromatic nitrogens is 1. The number of Topliss-reactive ketones (excluding diaryl/α,β-unsaturated/α-hetero) is 1. The number of rotatable bonds is 6. The molecule has 0 spiro atoms. The van der Waals surface area contributed by atoms with Crippen LogP contribution in [0.2, 0.25) is 0 Å². The molecular weight excluding hydrogens is 462 g/mol. The number of hydrogen-bond donors (Lipinski definition) is 2. The number of H-pyrrole nitrogens is 1. The molecule has 1 atom stereocenters. The van der Waals surface area contributed by atoms with E-state index in [-0.39, 0.29) is 16.3 Å². The average molecular weight is 495 g/mol. The van der Waals surface area contributed by atoms with Crippen LogP contribution in [-0.2, 0) is 0 Å². The molecule has 3 aliphatic heterocycles. The van der Waals surface area contributed by atoms with Crippen LogP contribution >= 0.6 is 0 Å². The number of fused-ring (bicyclic) bond motifs is 2. The minimum Gasteiger partial charge on any atom is -0.378 e. The monoisotopic (exact) mass is 494 g/mol. The third-order valence-corrected chi connectivity index (χ3v) is 7.64. The molecule has 37 heavy (non-hydrogen) atoms. The second kappa shape index (κ2) is 9.23. The van der Waals surface area contributed by atoms with Gasteiger partial charge >= 0.3 is 0 Å². The Morgan fingerprint density at radius 3 is 2.62 bits per heavy atom. The number of carbonyl (C=O) groups is 1. The minimum absolute atomic E-state index is 0.0211. The van der Waals surface area contributed by atoms with Crippen LogP contribution in [0.15, 0.2) is 88.4 Å². The van der Waals surface area contributed by atoms with Crippen LogP contribution in [-0.4, -0.2) is 66.0 Å². The quantitative estimate of drug-likeness (QED) is 0.307. The van der Waals surface area contributed by atoms with Crippen LogP contribution in [0.5, 0.6) is 0 Å². The molecule has 4 heterocycles. The Balaban J connectivity index is 1.18. The van der Waals surface area contributed by atoms with Crippen molar-refractivity contribution in [2.75, 3.05) is 38.6 Å². The molecule has 0 aliphatic carbocycles. The van der Waals surface area contributed by atoms with E-state index < -0.39 is 0 Å². The summed E-state index contributed by atoms with van der Waals surface area (Å²) >= 11 is 0. The van der Waals surface area contributed by atoms with Gasteiger partial charge in [-0.15, -0.1) is 4.59 Å². The number of amidine groups is 1. The Hall–Kier alpha value is -3.85. The van der Waals surface area contributed by atoms with Crippen LogP contribution in [0.25, 0.3) is 10.9 Å². The molecule has 8 nitrogen and oxygen atoms in total. The number of carbonyl (C=O) groups excluding carboxylic acids is 1. The molecule has 1 saturated heterocycles. The average Bonchev–Trinajstić information content (AvgIpc) is 3.47. The molecule has 2 aromatic carbocycles. The minimum atomic E-state index is 0.0211. The van der Waals surface area contributed by atoms with Crippen LogP contribution in [0.3, 0.4) is 0 Å². The first-order valence-corrected chi connectivity index (χ1v) is 12.8. The summed E-state index contributed by atoms with van der Waals surface area (Å²) in [6.07, 6.45) is 7.33. The summed E-state index contributed by atoms with van der Waals surface area (Å²) in [7, 11) is 4.00. The van der Waals surface area contributed by atoms with Gasteiger partial charge in [-0.05, 0) is 62.3 Å². The third-order valence-electron chi connectivity index (χ3n) is 7.64. The van der Waals surface area contributed by atoms with E-state index in [9.17, 15) is 4.79 Å². The van der Waals surface area contributed by atoms with Gasteiger partial charge in [-0.25, -0.2) is 0 Å². The number of para-hydroxylation sites is 1. The number of aliphatic imine (C=N–C) groups is 2. The molecule has 0 radical (unpaired) electrons. The summed E-state index contributed by atoms with van der Waals surface area (Å²) in [4.78, 5) is 30.2. The number of nitrogens with zero attached hydrogens (tertiary/aromatic N) is 5. The zero-order valence-corrected chi connectivity index (χ0v) is 21.3. The summed E-state index contributed by atoms with van der Waals surface area (Å²) < 4.78 is 0.0211. The fourth-order valence-corrected chi connectivity index (χ4v) is 5.49. The van der Waals surface area contributed by atoms with Crippen LogP contribution in [0.4, 0.5) is 5.69 Å². The molecule has 3 aromatic rings. The molecule has 1 fully saturated rings. The van der Waals surface area contributed by atoms with Gasteiger partial charge in [-0.2, -0.15) is 10.8 Å². The van der Waals surface area contributed by atoms with E-state index in [0.29, 0.717) is 6.54 Å². The second-order valence-electron chi connectivity index (χ2n) is 10.2. The number of piperidine rings is 1. The predicted molar refractivity (Wildman–Crippen MR) is 148 cm³/mol. The van der Waals surface area contributed by atoms with E-state index in [2.05, 4.69) is 33.1 Å². The van der Waals surface area contributed by atoms with Gasteiger partial charge in [-0.1, -0.05) is 18.2 Å². The molecule has 0 amide bonds. The lowest BCUT2D eigenvalue weighted by Crippen LogP contribution is -2.53. The zero-order chi connectivity index (χ0) is 25.6. The number of likely N-dealkylation sites (tertiary alicyclic amines) is 1. The normalized spacial score (nSPS) is 22.0. The summed E-state index contributed by atoms with van der Waals surface area (Å²) in [5, 5.41) is 1.13. The van der Waals surface area contributed by atoms with E-state index in [1.54, 1.807) is 6.20 Å². The first kappa shape index (κ1) is 23.5. The lowest BCUT2D eigenvalue weighted by atomic mass is 9.92. The van der Waals surface area contributed by atoms with Crippen molar-refractivity contribution >= 4 is 34.4 Å². The number of allylic oxidation sites excluding steroid dienone is 2. The van der Waals surface area contributed by atoms with Gasteiger partial charge in [0.2, 0.25) is 5.70 Å². The number of quaternary nitrogens is 1. The van der Waals surface area contributed by atoms with E-state index in [1.807, 2.05) is 67.8 Å². The molecule has 0 saturated carbocycles. The lowest BCUT2D eigenvalue weighted by Gasteiger charge is -2.31. The Labute approximate surface area is 216 Å².